The number of morpholine rings is 1. The highest BCUT2D eigenvalue weighted by molar-refractivity contribution is 7.99. The Kier molecular flexibility index (Phi) is 9.36. The Morgan fingerprint density at radius 2 is 1.81 bits per heavy atom. The molecule has 0 aromatic heterocycles. The van der Waals surface area contributed by atoms with Crippen LogP contribution in [-0.2, 0) is 9.47 Å². The maximum absolute atomic E-state index is 5.73. The molecule has 0 radical (unpaired) electrons. The van der Waals surface area contributed by atoms with Crippen LogP contribution < -0.4 is 0 Å². The summed E-state index contributed by atoms with van der Waals surface area (Å²) in [5.41, 5.74) is 0. The van der Waals surface area contributed by atoms with Crippen molar-refractivity contribution in [3.8, 4) is 0 Å². The first-order valence-corrected chi connectivity index (χ1v) is 8.36. The van der Waals surface area contributed by atoms with Gasteiger partial charge in [0.25, 0.3) is 0 Å². The minimum Gasteiger partial charge on any atom is -0.379 e. The summed E-state index contributed by atoms with van der Waals surface area (Å²) >= 11 is 1.85. The second-order valence-corrected chi connectivity index (χ2v) is 6.46. The average Bonchev–Trinajstić information content (AvgIpc) is 2.43. The third-order valence-corrected chi connectivity index (χ3v) is 4.26. The van der Waals surface area contributed by atoms with Gasteiger partial charge < -0.3 is 9.47 Å². The summed E-state index contributed by atoms with van der Waals surface area (Å²) in [6.45, 7) is 8.96. The van der Waals surface area contributed by atoms with Gasteiger partial charge in [-0.05, 0) is 26.0 Å². The zero-order chi connectivity index (χ0) is 14.2. The molecule has 1 saturated heterocycles. The van der Waals surface area contributed by atoms with Gasteiger partial charge in [0.15, 0.2) is 0 Å². The summed E-state index contributed by atoms with van der Waals surface area (Å²) in [7, 11) is 0. The number of hydrogen-bond donors (Lipinski definition) is 0. The molecule has 0 amide bonds. The monoisotopic (exact) mass is 331 g/mol. The first kappa shape index (κ1) is 18.8. The molecule has 1 fully saturated rings. The molecule has 21 heavy (non-hydrogen) atoms. The predicted octanol–water partition coefficient (Wildman–Crippen LogP) is 3.33. The van der Waals surface area contributed by atoms with Gasteiger partial charge in [-0.3, -0.25) is 4.90 Å². The quantitative estimate of drug-likeness (QED) is 0.564. The lowest BCUT2D eigenvalue weighted by Crippen LogP contribution is -2.46. The average molecular weight is 332 g/mol. The Hall–Kier alpha value is -0.260. The Labute approximate surface area is 138 Å². The van der Waals surface area contributed by atoms with E-state index in [-0.39, 0.29) is 12.4 Å². The van der Waals surface area contributed by atoms with Crippen molar-refractivity contribution >= 4 is 24.2 Å². The van der Waals surface area contributed by atoms with Gasteiger partial charge >= 0.3 is 0 Å². The molecule has 1 aromatic carbocycles. The van der Waals surface area contributed by atoms with Crippen LogP contribution in [0.1, 0.15) is 13.8 Å². The molecule has 3 nitrogen and oxygen atoms in total. The second-order valence-electron chi connectivity index (χ2n) is 5.29. The maximum Gasteiger partial charge on any atom is 0.0678 e. The molecule has 1 aliphatic rings. The molecule has 2 rings (SSSR count). The molecule has 0 N–H and O–H groups in total. The number of ether oxygens (including phenoxy) is 2. The highest BCUT2D eigenvalue weighted by Gasteiger charge is 2.21. The third-order valence-electron chi connectivity index (χ3n) is 3.29. The molecule has 120 valence electrons. The zero-order valence-electron chi connectivity index (χ0n) is 12.9. The molecule has 0 aliphatic carbocycles. The van der Waals surface area contributed by atoms with Crippen LogP contribution in [0.5, 0.6) is 0 Å². The van der Waals surface area contributed by atoms with E-state index >= 15 is 0 Å². The third kappa shape index (κ3) is 7.52. The van der Waals surface area contributed by atoms with Crippen LogP contribution in [0.25, 0.3) is 0 Å². The maximum atomic E-state index is 5.73. The topological polar surface area (TPSA) is 21.7 Å². The van der Waals surface area contributed by atoms with Crippen LogP contribution in [0.3, 0.4) is 0 Å². The molecule has 1 aromatic rings. The molecule has 2 unspecified atom stereocenters. The van der Waals surface area contributed by atoms with Crippen molar-refractivity contribution < 1.29 is 9.47 Å². The molecule has 1 heterocycles. The molecule has 0 saturated carbocycles. The van der Waals surface area contributed by atoms with Crippen molar-refractivity contribution in [1.29, 1.82) is 0 Å². The van der Waals surface area contributed by atoms with E-state index in [0.29, 0.717) is 12.2 Å². The van der Waals surface area contributed by atoms with Gasteiger partial charge in [-0.25, -0.2) is 0 Å². The van der Waals surface area contributed by atoms with Crippen molar-refractivity contribution in [3.63, 3.8) is 0 Å². The van der Waals surface area contributed by atoms with E-state index in [0.717, 1.165) is 38.6 Å². The van der Waals surface area contributed by atoms with Gasteiger partial charge in [-0.15, -0.1) is 24.2 Å². The van der Waals surface area contributed by atoms with Crippen LogP contribution in [0.15, 0.2) is 35.2 Å². The summed E-state index contributed by atoms with van der Waals surface area (Å²) in [6.07, 6.45) is 0.680. The minimum atomic E-state index is 0. The normalized spacial score (nSPS) is 22.8. The Bertz CT molecular complexity index is 370. The van der Waals surface area contributed by atoms with Crippen molar-refractivity contribution in [2.75, 3.05) is 38.6 Å². The van der Waals surface area contributed by atoms with Crippen molar-refractivity contribution in [1.82, 2.24) is 4.90 Å². The summed E-state index contributed by atoms with van der Waals surface area (Å²) in [5.74, 6) is 1.01. The van der Waals surface area contributed by atoms with Gasteiger partial charge in [-0.1, -0.05) is 18.2 Å². The van der Waals surface area contributed by atoms with Crippen LogP contribution in [0.2, 0.25) is 0 Å². The summed E-state index contributed by atoms with van der Waals surface area (Å²) in [6, 6.07) is 10.5. The van der Waals surface area contributed by atoms with Gasteiger partial charge in [0.1, 0.15) is 0 Å². The smallest absolute Gasteiger partial charge is 0.0678 e. The lowest BCUT2D eigenvalue weighted by molar-refractivity contribution is -0.0726. The van der Waals surface area contributed by atoms with Crippen molar-refractivity contribution in [2.24, 2.45) is 0 Å². The van der Waals surface area contributed by atoms with E-state index < -0.39 is 0 Å². The molecular weight excluding hydrogens is 306 g/mol. The number of nitrogens with zero attached hydrogens (tertiary/aromatic N) is 1. The van der Waals surface area contributed by atoms with Gasteiger partial charge in [0.2, 0.25) is 0 Å². The van der Waals surface area contributed by atoms with Gasteiger partial charge in [-0.2, -0.15) is 0 Å². The van der Waals surface area contributed by atoms with Crippen LogP contribution in [-0.4, -0.2) is 55.7 Å². The first-order valence-electron chi connectivity index (χ1n) is 7.37. The highest BCUT2D eigenvalue weighted by Crippen LogP contribution is 2.16. The molecule has 5 heteroatoms. The number of rotatable bonds is 7. The zero-order valence-corrected chi connectivity index (χ0v) is 14.5. The van der Waals surface area contributed by atoms with E-state index in [9.17, 15) is 0 Å². The second kappa shape index (κ2) is 10.5. The fraction of sp³-hybridized carbons (Fsp3) is 0.625. The minimum absolute atomic E-state index is 0. The lowest BCUT2D eigenvalue weighted by Gasteiger charge is -2.35. The van der Waals surface area contributed by atoms with E-state index in [1.165, 1.54) is 4.90 Å². The summed E-state index contributed by atoms with van der Waals surface area (Å²) < 4.78 is 11.4. The Morgan fingerprint density at radius 3 is 2.48 bits per heavy atom. The highest BCUT2D eigenvalue weighted by atomic mass is 35.5. The fourth-order valence-electron chi connectivity index (χ4n) is 2.50. The van der Waals surface area contributed by atoms with Crippen LogP contribution >= 0.6 is 24.2 Å². The largest absolute Gasteiger partial charge is 0.379 e. The first-order chi connectivity index (χ1) is 9.74. The Morgan fingerprint density at radius 1 is 1.14 bits per heavy atom. The molecule has 0 bridgehead atoms. The number of halogens is 1. The molecule has 1 aliphatic heterocycles. The van der Waals surface area contributed by atoms with Crippen molar-refractivity contribution in [3.05, 3.63) is 30.3 Å². The van der Waals surface area contributed by atoms with Crippen LogP contribution in [0.4, 0.5) is 0 Å². The van der Waals surface area contributed by atoms with Gasteiger partial charge in [0.05, 0.1) is 25.4 Å². The Balaban J connectivity index is 0.00000220. The van der Waals surface area contributed by atoms with Crippen LogP contribution in [0, 0.1) is 0 Å². The van der Waals surface area contributed by atoms with Gasteiger partial charge in [0, 0.05) is 30.3 Å². The standard InChI is InChI=1S/C16H25NO2S.ClH/c1-14-12-17(13-15(2)19-14)8-9-18-10-11-20-16-6-4-3-5-7-16;/h3-7,14-15H,8-13H2,1-2H3;1H. The van der Waals surface area contributed by atoms with E-state index in [2.05, 4.69) is 43.0 Å². The lowest BCUT2D eigenvalue weighted by atomic mass is 10.2. The molecule has 0 spiro atoms. The van der Waals surface area contributed by atoms with E-state index in [1.54, 1.807) is 0 Å². The summed E-state index contributed by atoms with van der Waals surface area (Å²) in [4.78, 5) is 3.75. The molecule has 2 atom stereocenters. The van der Waals surface area contributed by atoms with Crippen molar-refractivity contribution in [2.45, 2.75) is 31.0 Å². The molecular formula is C16H26ClNO2S. The van der Waals surface area contributed by atoms with E-state index in [4.69, 9.17) is 9.47 Å². The number of thioether (sulfide) groups is 1. The predicted molar refractivity (Wildman–Crippen MR) is 91.7 cm³/mol. The fourth-order valence-corrected chi connectivity index (χ4v) is 3.28. The number of benzene rings is 1. The number of hydrogen-bond acceptors (Lipinski definition) is 4. The SMILES string of the molecule is CC1CN(CCOCCSc2ccccc2)CC(C)O1.Cl. The van der Waals surface area contributed by atoms with E-state index in [1.807, 2.05) is 17.8 Å². The summed E-state index contributed by atoms with van der Waals surface area (Å²) in [5, 5.41) is 0.